The first-order valence-electron chi connectivity index (χ1n) is 7.45. The number of carbonyl (C=O) groups excluding carboxylic acids is 2. The minimum absolute atomic E-state index is 0.00339. The van der Waals surface area contributed by atoms with Crippen molar-refractivity contribution in [1.29, 1.82) is 0 Å². The Labute approximate surface area is 123 Å². The highest BCUT2D eigenvalue weighted by Gasteiger charge is 2.36. The molecule has 6 nitrogen and oxygen atoms in total. The van der Waals surface area contributed by atoms with E-state index in [1.807, 2.05) is 6.07 Å². The predicted octanol–water partition coefficient (Wildman–Crippen LogP) is 1.07. The molecule has 21 heavy (non-hydrogen) atoms. The average molecular weight is 292 g/mol. The number of nitrogens with one attached hydrogen (secondary N) is 1. The summed E-state index contributed by atoms with van der Waals surface area (Å²) in [4.78, 5) is 25.9. The summed E-state index contributed by atoms with van der Waals surface area (Å²) in [6, 6.07) is 3.19. The summed E-state index contributed by atoms with van der Waals surface area (Å²) < 4.78 is 10.8. The van der Waals surface area contributed by atoms with Crippen molar-refractivity contribution in [3.63, 3.8) is 0 Å². The average Bonchev–Trinajstić information content (AvgIpc) is 3.21. The highest BCUT2D eigenvalue weighted by molar-refractivity contribution is 5.90. The molecule has 0 aromatic carbocycles. The third-order valence-corrected chi connectivity index (χ3v) is 4.07. The van der Waals surface area contributed by atoms with Gasteiger partial charge in [0, 0.05) is 19.6 Å². The van der Waals surface area contributed by atoms with Crippen LogP contribution in [-0.4, -0.2) is 42.0 Å². The van der Waals surface area contributed by atoms with Crippen molar-refractivity contribution in [1.82, 2.24) is 10.2 Å². The highest BCUT2D eigenvalue weighted by atomic mass is 16.5. The Morgan fingerprint density at radius 2 is 2.33 bits per heavy atom. The van der Waals surface area contributed by atoms with Crippen LogP contribution < -0.4 is 5.32 Å². The van der Waals surface area contributed by atoms with Gasteiger partial charge in [-0.1, -0.05) is 0 Å². The van der Waals surface area contributed by atoms with Crippen LogP contribution in [0.4, 0.5) is 0 Å². The van der Waals surface area contributed by atoms with Crippen LogP contribution in [0.1, 0.15) is 31.4 Å². The summed E-state index contributed by atoms with van der Waals surface area (Å²) in [5.74, 6) is 0.605. The summed E-state index contributed by atoms with van der Waals surface area (Å²) >= 11 is 0. The molecule has 0 bridgehead atoms. The fourth-order valence-corrected chi connectivity index (χ4v) is 2.91. The molecule has 2 aliphatic heterocycles. The number of amides is 2. The Balaban J connectivity index is 1.56. The number of carbonyl (C=O) groups is 2. The molecule has 2 aliphatic rings. The van der Waals surface area contributed by atoms with Gasteiger partial charge in [-0.2, -0.15) is 0 Å². The zero-order valence-corrected chi connectivity index (χ0v) is 11.9. The van der Waals surface area contributed by atoms with E-state index >= 15 is 0 Å². The lowest BCUT2D eigenvalue weighted by molar-refractivity contribution is -0.136. The Morgan fingerprint density at radius 1 is 1.43 bits per heavy atom. The van der Waals surface area contributed by atoms with E-state index in [9.17, 15) is 9.59 Å². The smallest absolute Gasteiger partial charge is 0.242 e. The van der Waals surface area contributed by atoms with Gasteiger partial charge in [0.15, 0.2) is 0 Å². The van der Waals surface area contributed by atoms with Crippen molar-refractivity contribution in [3.8, 4) is 0 Å². The molecule has 0 spiro atoms. The van der Waals surface area contributed by atoms with Crippen molar-refractivity contribution < 1.29 is 18.7 Å². The molecule has 3 heterocycles. The second-order valence-electron chi connectivity index (χ2n) is 5.54. The van der Waals surface area contributed by atoms with Crippen LogP contribution in [0.25, 0.3) is 0 Å². The maximum atomic E-state index is 12.3. The van der Waals surface area contributed by atoms with E-state index in [1.165, 1.54) is 0 Å². The maximum absolute atomic E-state index is 12.3. The normalized spacial score (nSPS) is 25.5. The molecule has 1 aromatic rings. The van der Waals surface area contributed by atoms with Crippen LogP contribution >= 0.6 is 0 Å². The van der Waals surface area contributed by atoms with Crippen molar-refractivity contribution in [2.75, 3.05) is 13.2 Å². The van der Waals surface area contributed by atoms with Crippen LogP contribution in [-0.2, 0) is 20.9 Å². The SMILES string of the molecule is O=C(NC[C@@H]1CCCO1)[C@@H]1CCC(=O)N1Cc1ccco1. The summed E-state index contributed by atoms with van der Waals surface area (Å²) in [5, 5.41) is 2.91. The van der Waals surface area contributed by atoms with E-state index in [4.69, 9.17) is 9.15 Å². The fraction of sp³-hybridized carbons (Fsp3) is 0.600. The van der Waals surface area contributed by atoms with Gasteiger partial charge in [-0.15, -0.1) is 0 Å². The molecule has 2 saturated heterocycles. The lowest BCUT2D eigenvalue weighted by Crippen LogP contribution is -2.46. The Hall–Kier alpha value is -1.82. The number of furan rings is 1. The van der Waals surface area contributed by atoms with Crippen LogP contribution in [0.2, 0.25) is 0 Å². The zero-order chi connectivity index (χ0) is 14.7. The molecule has 114 valence electrons. The monoisotopic (exact) mass is 292 g/mol. The number of hydrogen-bond acceptors (Lipinski definition) is 4. The molecule has 3 rings (SSSR count). The van der Waals surface area contributed by atoms with Crippen molar-refractivity contribution in [3.05, 3.63) is 24.2 Å². The van der Waals surface area contributed by atoms with Crippen LogP contribution in [0.5, 0.6) is 0 Å². The van der Waals surface area contributed by atoms with E-state index in [-0.39, 0.29) is 17.9 Å². The lowest BCUT2D eigenvalue weighted by Gasteiger charge is -2.23. The highest BCUT2D eigenvalue weighted by Crippen LogP contribution is 2.22. The lowest BCUT2D eigenvalue weighted by atomic mass is 10.2. The topological polar surface area (TPSA) is 71.8 Å². The molecule has 1 N–H and O–H groups in total. The molecule has 0 unspecified atom stereocenters. The van der Waals surface area contributed by atoms with Crippen LogP contribution in [0.15, 0.2) is 22.8 Å². The first-order valence-corrected chi connectivity index (χ1v) is 7.45. The molecular weight excluding hydrogens is 272 g/mol. The summed E-state index contributed by atoms with van der Waals surface area (Å²) in [5.41, 5.74) is 0. The molecule has 0 aliphatic carbocycles. The van der Waals surface area contributed by atoms with Crippen molar-refractivity contribution in [2.45, 2.75) is 44.4 Å². The molecule has 0 saturated carbocycles. The summed E-state index contributed by atoms with van der Waals surface area (Å²) in [6.45, 7) is 1.65. The Bertz CT molecular complexity index is 494. The van der Waals surface area contributed by atoms with Gasteiger partial charge >= 0.3 is 0 Å². The zero-order valence-electron chi connectivity index (χ0n) is 11.9. The quantitative estimate of drug-likeness (QED) is 0.881. The van der Waals surface area contributed by atoms with E-state index in [1.54, 1.807) is 17.2 Å². The number of rotatable bonds is 5. The van der Waals surface area contributed by atoms with Gasteiger partial charge in [0.1, 0.15) is 11.8 Å². The minimum atomic E-state index is -0.399. The van der Waals surface area contributed by atoms with E-state index < -0.39 is 6.04 Å². The molecular formula is C15H20N2O4. The second-order valence-corrected chi connectivity index (χ2v) is 5.54. The number of nitrogens with zero attached hydrogens (tertiary/aromatic N) is 1. The van der Waals surface area contributed by atoms with E-state index in [2.05, 4.69) is 5.32 Å². The van der Waals surface area contributed by atoms with E-state index in [0.717, 1.165) is 19.4 Å². The van der Waals surface area contributed by atoms with Crippen molar-refractivity contribution in [2.24, 2.45) is 0 Å². The van der Waals surface area contributed by atoms with Gasteiger partial charge in [-0.3, -0.25) is 9.59 Å². The summed E-state index contributed by atoms with van der Waals surface area (Å²) in [7, 11) is 0. The van der Waals surface area contributed by atoms with Gasteiger partial charge in [0.05, 0.1) is 18.9 Å². The summed E-state index contributed by atoms with van der Waals surface area (Å²) in [6.07, 6.45) is 4.70. The first-order chi connectivity index (χ1) is 10.2. The predicted molar refractivity (Wildman–Crippen MR) is 74.3 cm³/mol. The largest absolute Gasteiger partial charge is 0.467 e. The molecule has 0 radical (unpaired) electrons. The van der Waals surface area contributed by atoms with E-state index in [0.29, 0.717) is 31.7 Å². The Kier molecular flexibility index (Phi) is 4.24. The van der Waals surface area contributed by atoms with Gasteiger partial charge < -0.3 is 19.4 Å². The van der Waals surface area contributed by atoms with Crippen LogP contribution in [0, 0.1) is 0 Å². The molecule has 2 atom stereocenters. The molecule has 2 amide bonds. The number of hydrogen-bond donors (Lipinski definition) is 1. The van der Waals surface area contributed by atoms with Gasteiger partial charge in [0.2, 0.25) is 11.8 Å². The fourth-order valence-electron chi connectivity index (χ4n) is 2.91. The molecule has 6 heteroatoms. The van der Waals surface area contributed by atoms with Gasteiger partial charge in [0.25, 0.3) is 0 Å². The van der Waals surface area contributed by atoms with Gasteiger partial charge in [-0.25, -0.2) is 0 Å². The van der Waals surface area contributed by atoms with Gasteiger partial charge in [-0.05, 0) is 31.4 Å². The third-order valence-electron chi connectivity index (χ3n) is 4.07. The van der Waals surface area contributed by atoms with Crippen molar-refractivity contribution >= 4 is 11.8 Å². The molecule has 2 fully saturated rings. The first kappa shape index (κ1) is 14.1. The second kappa shape index (κ2) is 6.30. The minimum Gasteiger partial charge on any atom is -0.467 e. The third kappa shape index (κ3) is 3.26. The number of ether oxygens (including phenoxy) is 1. The Morgan fingerprint density at radius 3 is 3.05 bits per heavy atom. The number of likely N-dealkylation sites (tertiary alicyclic amines) is 1. The standard InChI is InChI=1S/C15H20N2O4/c18-14-6-5-13(17(14)10-12-4-2-8-21-12)15(19)16-9-11-3-1-7-20-11/h2,4,8,11,13H,1,3,5-7,9-10H2,(H,16,19)/t11-,13-/m0/s1. The van der Waals surface area contributed by atoms with Crippen LogP contribution in [0.3, 0.4) is 0 Å². The maximum Gasteiger partial charge on any atom is 0.242 e. The molecule has 1 aromatic heterocycles.